The van der Waals surface area contributed by atoms with Crippen molar-refractivity contribution in [1.29, 1.82) is 5.26 Å². The Morgan fingerprint density at radius 1 is 1.02 bits per heavy atom. The number of nitrogens with one attached hydrogen (secondary N) is 2. The van der Waals surface area contributed by atoms with E-state index in [9.17, 15) is 10.1 Å². The fraction of sp³-hybridized carbons (Fsp3) is 0.355. The van der Waals surface area contributed by atoms with Crippen molar-refractivity contribution >= 4 is 40.9 Å². The van der Waals surface area contributed by atoms with Gasteiger partial charge in [-0.3, -0.25) is 5.32 Å². The predicted molar refractivity (Wildman–Crippen MR) is 158 cm³/mol. The smallest absolute Gasteiger partial charge is 0.408 e. The van der Waals surface area contributed by atoms with Crippen molar-refractivity contribution < 1.29 is 19.0 Å². The summed E-state index contributed by atoms with van der Waals surface area (Å²) in [4.78, 5) is 13.1. The van der Waals surface area contributed by atoms with Gasteiger partial charge in [-0.15, -0.1) is 0 Å². The molecular formula is C31H30Cl3N3O4. The van der Waals surface area contributed by atoms with Crippen LogP contribution in [0.3, 0.4) is 0 Å². The number of hydrogen-bond acceptors (Lipinski definition) is 6. The van der Waals surface area contributed by atoms with Gasteiger partial charge >= 0.3 is 6.09 Å². The molecule has 3 aromatic rings. The average molecular weight is 615 g/mol. The van der Waals surface area contributed by atoms with Crippen LogP contribution in [0.15, 0.2) is 72.8 Å². The molecule has 7 nitrogen and oxygen atoms in total. The fourth-order valence-electron chi connectivity index (χ4n) is 5.76. The van der Waals surface area contributed by atoms with E-state index in [0.717, 1.165) is 11.1 Å². The van der Waals surface area contributed by atoms with Crippen LogP contribution < -0.4 is 10.6 Å². The highest BCUT2D eigenvalue weighted by Gasteiger charge is 2.59. The first-order valence-electron chi connectivity index (χ1n) is 13.3. The average Bonchev–Trinajstić information content (AvgIpc) is 3.45. The lowest BCUT2D eigenvalue weighted by Crippen LogP contribution is -2.39. The molecule has 2 aliphatic heterocycles. The van der Waals surface area contributed by atoms with Crippen LogP contribution in [0.5, 0.6) is 0 Å². The second kappa shape index (κ2) is 12.2. The number of nitriles is 1. The molecule has 0 spiro atoms. The Labute approximate surface area is 254 Å². The summed E-state index contributed by atoms with van der Waals surface area (Å²) in [5.74, 6) is -1.28. The van der Waals surface area contributed by atoms with Gasteiger partial charge in [-0.2, -0.15) is 5.26 Å². The Bertz CT molecular complexity index is 1450. The van der Waals surface area contributed by atoms with Gasteiger partial charge in [-0.1, -0.05) is 71.2 Å². The molecule has 10 heteroatoms. The summed E-state index contributed by atoms with van der Waals surface area (Å²) < 4.78 is 17.5. The third kappa shape index (κ3) is 6.34. The summed E-state index contributed by atoms with van der Waals surface area (Å²) >= 11 is 19.1. The summed E-state index contributed by atoms with van der Waals surface area (Å²) in [6.07, 6.45) is -1.08. The number of alkyl carbamates (subject to hydrolysis) is 1. The highest BCUT2D eigenvalue weighted by atomic mass is 35.5. The number of nitrogens with zero attached hydrogens (tertiary/aromatic N) is 1. The van der Waals surface area contributed by atoms with Gasteiger partial charge in [0.25, 0.3) is 0 Å². The lowest BCUT2D eigenvalue weighted by atomic mass is 9.65. The van der Waals surface area contributed by atoms with Crippen molar-refractivity contribution in [3.8, 4) is 6.07 Å². The molecule has 5 atom stereocenters. The molecule has 41 heavy (non-hydrogen) atoms. The first-order chi connectivity index (χ1) is 19.6. The molecule has 3 aromatic carbocycles. The molecule has 0 saturated carbocycles. The minimum absolute atomic E-state index is 0.127. The van der Waals surface area contributed by atoms with Crippen LogP contribution in [0.4, 0.5) is 4.79 Å². The van der Waals surface area contributed by atoms with Gasteiger partial charge in [-0.05, 0) is 73.4 Å². The number of amides is 1. The molecule has 0 bridgehead atoms. The number of benzene rings is 3. The van der Waals surface area contributed by atoms with Gasteiger partial charge in [0.2, 0.25) is 0 Å². The van der Waals surface area contributed by atoms with E-state index in [2.05, 4.69) is 16.7 Å². The zero-order chi connectivity index (χ0) is 29.2. The number of carbonyl (C=O) groups is 1. The van der Waals surface area contributed by atoms with Crippen molar-refractivity contribution in [2.45, 2.75) is 55.8 Å². The second-order valence-electron chi connectivity index (χ2n) is 10.7. The molecule has 2 fully saturated rings. The normalized spacial score (nSPS) is 26.8. The van der Waals surface area contributed by atoms with Crippen LogP contribution in [0.2, 0.25) is 15.1 Å². The third-order valence-corrected chi connectivity index (χ3v) is 8.24. The summed E-state index contributed by atoms with van der Waals surface area (Å²) in [5, 5.41) is 18.9. The summed E-state index contributed by atoms with van der Waals surface area (Å²) in [6.45, 7) is 4.50. The minimum atomic E-state index is -1.23. The third-order valence-electron chi connectivity index (χ3n) is 7.51. The summed E-state index contributed by atoms with van der Waals surface area (Å²) in [7, 11) is 0. The van der Waals surface area contributed by atoms with Crippen LogP contribution in [0.25, 0.3) is 0 Å². The SMILES string of the molecule is CC1(C)OC[C@H](CCNC(=O)O[C@H]2N[C@@H](c3cccc(Cl)c3)[C@](C#N)(c3ccc(Cl)cc3)[C@H]2c2cccc(Cl)c2)O1. The Hall–Kier alpha value is -2.83. The topological polar surface area (TPSA) is 92.6 Å². The minimum Gasteiger partial charge on any atom is -0.430 e. The van der Waals surface area contributed by atoms with E-state index in [4.69, 9.17) is 49.0 Å². The molecule has 2 heterocycles. The maximum absolute atomic E-state index is 13.1. The van der Waals surface area contributed by atoms with E-state index in [-0.39, 0.29) is 6.10 Å². The lowest BCUT2D eigenvalue weighted by Gasteiger charge is -2.34. The molecule has 2 saturated heterocycles. The van der Waals surface area contributed by atoms with Crippen LogP contribution in [0, 0.1) is 11.3 Å². The van der Waals surface area contributed by atoms with Gasteiger partial charge in [-0.25, -0.2) is 4.79 Å². The molecular weight excluding hydrogens is 585 g/mol. The standard InChI is InChI=1S/C31H30Cl3N3O4/c1-30(2)39-17-25(41-30)13-14-36-29(38)40-28-26(19-5-3-7-23(33)15-19)31(18-35,21-9-11-22(32)12-10-21)27(37-28)20-6-4-8-24(34)16-20/h3-12,15-16,25-28,37H,13-14,17H2,1-2H3,(H,36,38)/t25-,26-,27-,28+,31+/m0/s1. The lowest BCUT2D eigenvalue weighted by molar-refractivity contribution is -0.138. The van der Waals surface area contributed by atoms with Crippen molar-refractivity contribution in [2.75, 3.05) is 13.2 Å². The molecule has 5 rings (SSSR count). The molecule has 0 radical (unpaired) electrons. The molecule has 0 aliphatic carbocycles. The number of carbonyl (C=O) groups excluding carboxylic acids is 1. The molecule has 1 amide bonds. The van der Waals surface area contributed by atoms with E-state index >= 15 is 0 Å². The highest BCUT2D eigenvalue weighted by molar-refractivity contribution is 6.31. The largest absolute Gasteiger partial charge is 0.430 e. The zero-order valence-corrected chi connectivity index (χ0v) is 24.8. The summed E-state index contributed by atoms with van der Waals surface area (Å²) in [6, 6.07) is 23.7. The second-order valence-corrected chi connectivity index (χ2v) is 12.0. The van der Waals surface area contributed by atoms with E-state index in [1.807, 2.05) is 56.3 Å². The number of halogens is 3. The molecule has 214 valence electrons. The van der Waals surface area contributed by atoms with Gasteiger partial charge in [0, 0.05) is 21.6 Å². The van der Waals surface area contributed by atoms with Crippen molar-refractivity contribution in [2.24, 2.45) is 0 Å². The monoisotopic (exact) mass is 613 g/mol. The Morgan fingerprint density at radius 2 is 1.68 bits per heavy atom. The first-order valence-corrected chi connectivity index (χ1v) is 14.5. The first kappa shape index (κ1) is 29.7. The number of ether oxygens (including phenoxy) is 3. The van der Waals surface area contributed by atoms with E-state index in [1.165, 1.54) is 0 Å². The van der Waals surface area contributed by atoms with Gasteiger partial charge in [0.1, 0.15) is 5.41 Å². The van der Waals surface area contributed by atoms with E-state index in [0.29, 0.717) is 40.2 Å². The maximum Gasteiger partial charge on any atom is 0.408 e. The molecule has 2 N–H and O–H groups in total. The highest BCUT2D eigenvalue weighted by Crippen LogP contribution is 2.55. The van der Waals surface area contributed by atoms with Crippen LogP contribution >= 0.6 is 34.8 Å². The number of rotatable bonds is 7. The van der Waals surface area contributed by atoms with Crippen molar-refractivity contribution in [1.82, 2.24) is 10.6 Å². The Morgan fingerprint density at radius 3 is 2.29 bits per heavy atom. The number of hydrogen-bond donors (Lipinski definition) is 2. The van der Waals surface area contributed by atoms with Crippen molar-refractivity contribution in [3.05, 3.63) is 105 Å². The summed E-state index contributed by atoms with van der Waals surface area (Å²) in [5.41, 5.74) is 0.987. The van der Waals surface area contributed by atoms with E-state index < -0.39 is 35.5 Å². The van der Waals surface area contributed by atoms with Crippen LogP contribution in [-0.4, -0.2) is 37.4 Å². The van der Waals surface area contributed by atoms with Crippen molar-refractivity contribution in [3.63, 3.8) is 0 Å². The van der Waals surface area contributed by atoms with Gasteiger partial charge < -0.3 is 19.5 Å². The molecule has 0 aromatic heterocycles. The molecule has 0 unspecified atom stereocenters. The van der Waals surface area contributed by atoms with E-state index in [1.54, 1.807) is 30.3 Å². The van der Waals surface area contributed by atoms with Crippen LogP contribution in [0.1, 0.15) is 48.9 Å². The maximum atomic E-state index is 13.1. The predicted octanol–water partition coefficient (Wildman–Crippen LogP) is 7.13. The Balaban J connectivity index is 1.50. The quantitative estimate of drug-likeness (QED) is 0.294. The molecule has 2 aliphatic rings. The van der Waals surface area contributed by atoms with Crippen LogP contribution in [-0.2, 0) is 19.6 Å². The zero-order valence-electron chi connectivity index (χ0n) is 22.6. The Kier molecular flexibility index (Phi) is 8.81. The fourth-order valence-corrected chi connectivity index (χ4v) is 6.29. The van der Waals surface area contributed by atoms with Gasteiger partial charge in [0.15, 0.2) is 12.0 Å². The van der Waals surface area contributed by atoms with Gasteiger partial charge in [0.05, 0.1) is 30.7 Å².